The summed E-state index contributed by atoms with van der Waals surface area (Å²) in [4.78, 5) is 25.2. The van der Waals surface area contributed by atoms with E-state index in [4.69, 9.17) is 5.11 Å². The van der Waals surface area contributed by atoms with Crippen LogP contribution in [0.15, 0.2) is 30.3 Å². The van der Waals surface area contributed by atoms with Crippen molar-refractivity contribution in [2.24, 2.45) is 0 Å². The molecule has 0 bridgehead atoms. The SMILES string of the molecule is O=C(O)CCCCC(=O)NCCc1cc2ccccc2[nH]1. The topological polar surface area (TPSA) is 82.2 Å². The molecule has 0 saturated heterocycles. The van der Waals surface area contributed by atoms with Crippen molar-refractivity contribution in [1.29, 1.82) is 0 Å². The lowest BCUT2D eigenvalue weighted by Crippen LogP contribution is -2.25. The van der Waals surface area contributed by atoms with Crippen LogP contribution in [0.2, 0.25) is 0 Å². The van der Waals surface area contributed by atoms with Gasteiger partial charge >= 0.3 is 5.97 Å². The molecule has 0 aliphatic heterocycles. The second-order valence-corrected chi connectivity index (χ2v) is 5.08. The van der Waals surface area contributed by atoms with Gasteiger partial charge in [0.2, 0.25) is 5.91 Å². The molecular formula is C16H20N2O3. The molecule has 1 aromatic heterocycles. The first-order valence-electron chi connectivity index (χ1n) is 7.20. The molecule has 0 unspecified atom stereocenters. The fourth-order valence-corrected chi connectivity index (χ4v) is 2.25. The van der Waals surface area contributed by atoms with Crippen LogP contribution in [0.5, 0.6) is 0 Å². The lowest BCUT2D eigenvalue weighted by molar-refractivity contribution is -0.137. The van der Waals surface area contributed by atoms with Crippen molar-refractivity contribution in [2.45, 2.75) is 32.1 Å². The van der Waals surface area contributed by atoms with Gasteiger partial charge in [-0.05, 0) is 30.4 Å². The molecule has 0 aliphatic rings. The number of rotatable bonds is 8. The van der Waals surface area contributed by atoms with Crippen molar-refractivity contribution in [2.75, 3.05) is 6.54 Å². The van der Waals surface area contributed by atoms with Crippen LogP contribution in [0.3, 0.4) is 0 Å². The minimum atomic E-state index is -0.811. The molecule has 112 valence electrons. The van der Waals surface area contributed by atoms with Gasteiger partial charge in [0.15, 0.2) is 0 Å². The maximum absolute atomic E-state index is 11.6. The highest BCUT2D eigenvalue weighted by molar-refractivity contribution is 5.80. The van der Waals surface area contributed by atoms with Crippen LogP contribution in [0, 0.1) is 0 Å². The summed E-state index contributed by atoms with van der Waals surface area (Å²) >= 11 is 0. The number of carboxylic acid groups (broad SMARTS) is 1. The number of aromatic amines is 1. The Morgan fingerprint density at radius 3 is 2.67 bits per heavy atom. The van der Waals surface area contributed by atoms with Crippen LogP contribution >= 0.6 is 0 Å². The predicted octanol–water partition coefficient (Wildman–Crippen LogP) is 2.47. The summed E-state index contributed by atoms with van der Waals surface area (Å²) in [6.45, 7) is 0.588. The van der Waals surface area contributed by atoms with Crippen LogP contribution in [-0.2, 0) is 16.0 Å². The van der Waals surface area contributed by atoms with Gasteiger partial charge in [-0.3, -0.25) is 9.59 Å². The molecule has 5 nitrogen and oxygen atoms in total. The highest BCUT2D eigenvalue weighted by Gasteiger charge is 2.04. The van der Waals surface area contributed by atoms with Gasteiger partial charge in [-0.2, -0.15) is 0 Å². The van der Waals surface area contributed by atoms with Gasteiger partial charge < -0.3 is 15.4 Å². The Bertz CT molecular complexity index is 586. The van der Waals surface area contributed by atoms with E-state index in [2.05, 4.69) is 22.4 Å². The Balaban J connectivity index is 1.66. The molecular weight excluding hydrogens is 268 g/mol. The monoisotopic (exact) mass is 288 g/mol. The zero-order chi connectivity index (χ0) is 15.1. The first-order valence-corrected chi connectivity index (χ1v) is 7.20. The minimum Gasteiger partial charge on any atom is -0.481 e. The molecule has 21 heavy (non-hydrogen) atoms. The van der Waals surface area contributed by atoms with Crippen molar-refractivity contribution in [3.63, 3.8) is 0 Å². The number of carbonyl (C=O) groups is 2. The Hall–Kier alpha value is -2.30. The van der Waals surface area contributed by atoms with Crippen LogP contribution in [0.25, 0.3) is 10.9 Å². The quantitative estimate of drug-likeness (QED) is 0.653. The first-order chi connectivity index (χ1) is 10.1. The number of para-hydroxylation sites is 1. The molecule has 1 aromatic carbocycles. The van der Waals surface area contributed by atoms with E-state index in [9.17, 15) is 9.59 Å². The van der Waals surface area contributed by atoms with E-state index in [0.717, 1.165) is 17.6 Å². The summed E-state index contributed by atoms with van der Waals surface area (Å²) < 4.78 is 0. The van der Waals surface area contributed by atoms with Gasteiger partial charge in [0.25, 0.3) is 0 Å². The fraction of sp³-hybridized carbons (Fsp3) is 0.375. The number of aliphatic carboxylic acids is 1. The molecule has 0 aliphatic carbocycles. The molecule has 5 heteroatoms. The largest absolute Gasteiger partial charge is 0.481 e. The summed E-state index contributed by atoms with van der Waals surface area (Å²) in [7, 11) is 0. The molecule has 0 radical (unpaired) electrons. The Kier molecular flexibility index (Phi) is 5.37. The van der Waals surface area contributed by atoms with Crippen molar-refractivity contribution >= 4 is 22.8 Å². The predicted molar refractivity (Wildman–Crippen MR) is 81.1 cm³/mol. The second kappa shape index (κ2) is 7.47. The molecule has 2 rings (SSSR count). The van der Waals surface area contributed by atoms with E-state index in [1.54, 1.807) is 0 Å². The van der Waals surface area contributed by atoms with Crippen LogP contribution < -0.4 is 5.32 Å². The third-order valence-corrected chi connectivity index (χ3v) is 3.35. The van der Waals surface area contributed by atoms with Crippen molar-refractivity contribution < 1.29 is 14.7 Å². The van der Waals surface area contributed by atoms with Crippen LogP contribution in [0.1, 0.15) is 31.4 Å². The summed E-state index contributed by atoms with van der Waals surface area (Å²) in [6, 6.07) is 10.2. The molecule has 2 aromatic rings. The Morgan fingerprint density at radius 1 is 1.14 bits per heavy atom. The van der Waals surface area contributed by atoms with Gasteiger partial charge in [-0.1, -0.05) is 18.2 Å². The van der Waals surface area contributed by atoms with Crippen molar-refractivity contribution in [1.82, 2.24) is 10.3 Å². The van der Waals surface area contributed by atoms with Gasteiger partial charge in [-0.15, -0.1) is 0 Å². The van der Waals surface area contributed by atoms with Gasteiger partial charge in [0.05, 0.1) is 0 Å². The number of hydrogen-bond donors (Lipinski definition) is 3. The van der Waals surface area contributed by atoms with Crippen LogP contribution in [0.4, 0.5) is 0 Å². The summed E-state index contributed by atoms with van der Waals surface area (Å²) in [5.74, 6) is -0.828. The summed E-state index contributed by atoms with van der Waals surface area (Å²) in [6.07, 6.45) is 2.44. The van der Waals surface area contributed by atoms with Crippen molar-refractivity contribution in [3.05, 3.63) is 36.0 Å². The van der Waals surface area contributed by atoms with Gasteiger partial charge in [0.1, 0.15) is 0 Å². The molecule has 0 atom stereocenters. The number of hydrogen-bond acceptors (Lipinski definition) is 2. The minimum absolute atomic E-state index is 0.0171. The number of aromatic nitrogens is 1. The molecule has 1 amide bonds. The lowest BCUT2D eigenvalue weighted by atomic mass is 10.2. The number of unbranched alkanes of at least 4 members (excludes halogenated alkanes) is 1. The molecule has 0 fully saturated rings. The molecule has 0 spiro atoms. The average Bonchev–Trinajstić information content (AvgIpc) is 2.86. The zero-order valence-electron chi connectivity index (χ0n) is 11.9. The Morgan fingerprint density at radius 2 is 1.90 bits per heavy atom. The molecule has 3 N–H and O–H groups in total. The maximum atomic E-state index is 11.6. The smallest absolute Gasteiger partial charge is 0.303 e. The fourth-order valence-electron chi connectivity index (χ4n) is 2.25. The number of H-pyrrole nitrogens is 1. The van der Waals surface area contributed by atoms with E-state index in [1.807, 2.05) is 18.2 Å². The van der Waals surface area contributed by atoms with E-state index in [1.165, 1.54) is 5.39 Å². The number of fused-ring (bicyclic) bond motifs is 1. The highest BCUT2D eigenvalue weighted by atomic mass is 16.4. The zero-order valence-corrected chi connectivity index (χ0v) is 11.9. The van der Waals surface area contributed by atoms with Crippen molar-refractivity contribution in [3.8, 4) is 0 Å². The number of carbonyl (C=O) groups excluding carboxylic acids is 1. The second-order valence-electron chi connectivity index (χ2n) is 5.08. The van der Waals surface area contributed by atoms with Gasteiger partial charge in [-0.25, -0.2) is 0 Å². The number of benzene rings is 1. The number of nitrogens with one attached hydrogen (secondary N) is 2. The third-order valence-electron chi connectivity index (χ3n) is 3.35. The lowest BCUT2D eigenvalue weighted by Gasteiger charge is -2.03. The Labute approximate surface area is 123 Å². The maximum Gasteiger partial charge on any atom is 0.303 e. The first kappa shape index (κ1) is 15.1. The standard InChI is InChI=1S/C16H20N2O3/c19-15(7-3-4-8-16(20)21)17-10-9-13-11-12-5-1-2-6-14(12)18-13/h1-2,5-6,11,18H,3-4,7-10H2,(H,17,19)(H,20,21). The van der Waals surface area contributed by atoms with E-state index in [0.29, 0.717) is 25.8 Å². The molecule has 0 saturated carbocycles. The van der Waals surface area contributed by atoms with E-state index < -0.39 is 5.97 Å². The summed E-state index contributed by atoms with van der Waals surface area (Å²) in [5, 5.41) is 12.5. The average molecular weight is 288 g/mol. The van der Waals surface area contributed by atoms with Gasteiger partial charge in [0, 0.05) is 37.0 Å². The summed E-state index contributed by atoms with van der Waals surface area (Å²) in [5.41, 5.74) is 2.20. The van der Waals surface area contributed by atoms with E-state index >= 15 is 0 Å². The highest BCUT2D eigenvalue weighted by Crippen LogP contribution is 2.14. The number of amides is 1. The molecule has 1 heterocycles. The van der Waals surface area contributed by atoms with E-state index in [-0.39, 0.29) is 12.3 Å². The third kappa shape index (κ3) is 4.95. The van der Waals surface area contributed by atoms with Crippen LogP contribution in [-0.4, -0.2) is 28.5 Å². The number of carboxylic acids is 1. The normalized spacial score (nSPS) is 10.7.